The van der Waals surface area contributed by atoms with Crippen LogP contribution >= 0.6 is 0 Å². The van der Waals surface area contributed by atoms with E-state index in [1.807, 2.05) is 66.9 Å². The average molecular weight is 467 g/mol. The zero-order valence-corrected chi connectivity index (χ0v) is 19.8. The summed E-state index contributed by atoms with van der Waals surface area (Å²) >= 11 is 0. The molecule has 35 heavy (non-hydrogen) atoms. The molecule has 1 atom stereocenters. The van der Waals surface area contributed by atoms with Gasteiger partial charge in [-0.2, -0.15) is 0 Å². The lowest BCUT2D eigenvalue weighted by molar-refractivity contribution is -0.138. The van der Waals surface area contributed by atoms with Gasteiger partial charge in [0.15, 0.2) is 5.82 Å². The minimum atomic E-state index is -0.855. The van der Waals surface area contributed by atoms with E-state index in [-0.39, 0.29) is 11.9 Å². The van der Waals surface area contributed by atoms with Gasteiger partial charge in [-0.25, -0.2) is 9.97 Å². The molecular formula is C28H26N4O3. The van der Waals surface area contributed by atoms with Crippen LogP contribution in [0.5, 0.6) is 0 Å². The van der Waals surface area contributed by atoms with E-state index in [1.54, 1.807) is 18.0 Å². The average Bonchev–Trinajstić information content (AvgIpc) is 3.49. The van der Waals surface area contributed by atoms with Crippen molar-refractivity contribution in [2.75, 3.05) is 4.90 Å². The van der Waals surface area contributed by atoms with Crippen LogP contribution in [0.3, 0.4) is 0 Å². The number of hydrogen-bond acceptors (Lipinski definition) is 4. The molecule has 0 bridgehead atoms. The Labute approximate surface area is 203 Å². The van der Waals surface area contributed by atoms with Gasteiger partial charge in [0.05, 0.1) is 12.5 Å². The van der Waals surface area contributed by atoms with Gasteiger partial charge in [-0.15, -0.1) is 0 Å². The molecule has 4 aromatic rings. The molecule has 2 aromatic carbocycles. The molecule has 1 aliphatic heterocycles. The van der Waals surface area contributed by atoms with E-state index in [4.69, 9.17) is 4.98 Å². The van der Waals surface area contributed by atoms with Crippen LogP contribution in [0.1, 0.15) is 54.2 Å². The molecule has 1 unspecified atom stereocenters. The fourth-order valence-corrected chi connectivity index (χ4v) is 4.40. The van der Waals surface area contributed by atoms with Gasteiger partial charge in [0.1, 0.15) is 11.5 Å². The molecule has 1 N–H and O–H groups in total. The van der Waals surface area contributed by atoms with Crippen LogP contribution in [0.2, 0.25) is 0 Å². The van der Waals surface area contributed by atoms with Gasteiger partial charge in [0, 0.05) is 24.0 Å². The highest BCUT2D eigenvalue weighted by atomic mass is 16.4. The number of amides is 1. The number of carbonyl (C=O) groups is 2. The first-order chi connectivity index (χ1) is 16.8. The van der Waals surface area contributed by atoms with Gasteiger partial charge in [-0.3, -0.25) is 14.5 Å². The lowest BCUT2D eigenvalue weighted by Crippen LogP contribution is -2.24. The molecule has 0 saturated carbocycles. The summed E-state index contributed by atoms with van der Waals surface area (Å²) in [5.74, 6) is -0.146. The second-order valence-corrected chi connectivity index (χ2v) is 9.08. The second-order valence-electron chi connectivity index (χ2n) is 9.08. The Hall–Kier alpha value is -4.26. The van der Waals surface area contributed by atoms with E-state index >= 15 is 0 Å². The molecule has 7 nitrogen and oxygen atoms in total. The largest absolute Gasteiger partial charge is 0.481 e. The Morgan fingerprint density at radius 1 is 1.00 bits per heavy atom. The number of hydrogen-bond donors (Lipinski definition) is 1. The van der Waals surface area contributed by atoms with E-state index in [0.717, 1.165) is 33.8 Å². The number of carboxylic acids is 1. The van der Waals surface area contributed by atoms with E-state index in [1.165, 1.54) is 0 Å². The van der Waals surface area contributed by atoms with Gasteiger partial charge in [0.2, 0.25) is 0 Å². The van der Waals surface area contributed by atoms with E-state index < -0.39 is 11.9 Å². The Bertz CT molecular complexity index is 1420. The van der Waals surface area contributed by atoms with Crippen molar-refractivity contribution in [3.05, 3.63) is 89.7 Å². The highest BCUT2D eigenvalue weighted by Crippen LogP contribution is 2.32. The van der Waals surface area contributed by atoms with Crippen molar-refractivity contribution in [1.82, 2.24) is 14.5 Å². The second kappa shape index (κ2) is 8.83. The summed E-state index contributed by atoms with van der Waals surface area (Å²) < 4.78 is 2.06. The number of aromatic nitrogens is 3. The summed E-state index contributed by atoms with van der Waals surface area (Å²) in [5, 5.41) is 9.23. The van der Waals surface area contributed by atoms with Crippen molar-refractivity contribution in [2.45, 2.75) is 39.3 Å². The molecule has 1 aliphatic rings. The first-order valence-electron chi connectivity index (χ1n) is 11.6. The minimum absolute atomic E-state index is 0.0881. The molecule has 176 valence electrons. The van der Waals surface area contributed by atoms with Gasteiger partial charge in [-0.1, -0.05) is 42.5 Å². The molecule has 5 rings (SSSR count). The molecule has 7 heteroatoms. The maximum atomic E-state index is 13.4. The number of aliphatic carboxylic acids is 1. The lowest BCUT2D eigenvalue weighted by atomic mass is 9.96. The third kappa shape index (κ3) is 4.10. The number of fused-ring (bicyclic) bond motifs is 1. The van der Waals surface area contributed by atoms with Crippen molar-refractivity contribution in [3.63, 3.8) is 0 Å². The third-order valence-electron chi connectivity index (χ3n) is 6.49. The molecule has 2 aromatic heterocycles. The van der Waals surface area contributed by atoms with Crippen LogP contribution in [0.25, 0.3) is 22.6 Å². The number of carbonyl (C=O) groups excluding carboxylic acids is 1. The number of pyridine rings is 1. The smallest absolute Gasteiger partial charge is 0.310 e. The zero-order chi connectivity index (χ0) is 24.7. The number of carboxylic acid groups (broad SMARTS) is 1. The predicted molar refractivity (Wildman–Crippen MR) is 134 cm³/mol. The van der Waals surface area contributed by atoms with Crippen LogP contribution in [0, 0.1) is 0 Å². The Balaban J connectivity index is 1.42. The monoisotopic (exact) mass is 466 g/mol. The van der Waals surface area contributed by atoms with Crippen molar-refractivity contribution < 1.29 is 14.7 Å². The molecule has 0 radical (unpaired) electrons. The number of imidazole rings is 1. The Kier molecular flexibility index (Phi) is 5.68. The molecule has 1 amide bonds. The number of benzene rings is 2. The fourth-order valence-electron chi connectivity index (χ4n) is 4.40. The van der Waals surface area contributed by atoms with Crippen LogP contribution < -0.4 is 4.90 Å². The van der Waals surface area contributed by atoms with Crippen molar-refractivity contribution >= 4 is 17.7 Å². The minimum Gasteiger partial charge on any atom is -0.481 e. The van der Waals surface area contributed by atoms with Gasteiger partial charge in [0.25, 0.3) is 5.91 Å². The van der Waals surface area contributed by atoms with E-state index in [0.29, 0.717) is 17.9 Å². The topological polar surface area (TPSA) is 88.3 Å². The van der Waals surface area contributed by atoms with Crippen LogP contribution in [0.4, 0.5) is 5.82 Å². The Morgan fingerprint density at radius 3 is 2.46 bits per heavy atom. The van der Waals surface area contributed by atoms with Crippen molar-refractivity contribution in [2.24, 2.45) is 0 Å². The van der Waals surface area contributed by atoms with Crippen LogP contribution in [-0.2, 0) is 11.3 Å². The summed E-state index contributed by atoms with van der Waals surface area (Å²) in [6, 6.07) is 19.2. The fraction of sp³-hybridized carbons (Fsp3) is 0.214. The molecule has 0 spiro atoms. The predicted octanol–water partition coefficient (Wildman–Crippen LogP) is 5.54. The molecule has 3 heterocycles. The van der Waals surface area contributed by atoms with Crippen molar-refractivity contribution in [3.8, 4) is 22.6 Å². The molecule has 0 aliphatic carbocycles. The van der Waals surface area contributed by atoms with Gasteiger partial charge < -0.3 is 9.67 Å². The first-order valence-corrected chi connectivity index (χ1v) is 11.6. The first kappa shape index (κ1) is 22.5. The lowest BCUT2D eigenvalue weighted by Gasteiger charge is -2.16. The Morgan fingerprint density at radius 2 is 1.74 bits per heavy atom. The summed E-state index contributed by atoms with van der Waals surface area (Å²) in [5.41, 5.74) is 4.91. The third-order valence-corrected chi connectivity index (χ3v) is 6.49. The summed E-state index contributed by atoms with van der Waals surface area (Å²) in [7, 11) is 0. The van der Waals surface area contributed by atoms with Crippen LogP contribution in [-0.4, -0.2) is 31.5 Å². The van der Waals surface area contributed by atoms with E-state index in [2.05, 4.69) is 23.4 Å². The standard InChI is InChI=1S/C28H26N4O3/c1-17(2)31-14-13-29-26(31)24-5-4-6-25(30-24)32-16-22-12-11-21(15-23(22)27(32)33)20-9-7-19(8-10-20)18(3)28(34)35/h4-15,17-18H,16H2,1-3H3,(H,34,35). The molecule has 0 fully saturated rings. The van der Waals surface area contributed by atoms with Crippen molar-refractivity contribution in [1.29, 1.82) is 0 Å². The van der Waals surface area contributed by atoms with Gasteiger partial charge in [-0.05, 0) is 61.2 Å². The van der Waals surface area contributed by atoms with E-state index in [9.17, 15) is 14.7 Å². The highest BCUT2D eigenvalue weighted by Gasteiger charge is 2.30. The number of anilines is 1. The summed E-state index contributed by atoms with van der Waals surface area (Å²) in [6.45, 7) is 6.30. The number of rotatable bonds is 6. The SMILES string of the molecule is CC(C(=O)O)c1ccc(-c2ccc3c(c2)C(=O)N(c2cccc(-c4nccn4C(C)C)n2)C3)cc1. The van der Waals surface area contributed by atoms with Gasteiger partial charge >= 0.3 is 5.97 Å². The van der Waals surface area contributed by atoms with Crippen LogP contribution in [0.15, 0.2) is 73.1 Å². The molecular weight excluding hydrogens is 440 g/mol. The summed E-state index contributed by atoms with van der Waals surface area (Å²) in [4.78, 5) is 35.6. The normalized spacial score (nSPS) is 13.8. The molecule has 0 saturated heterocycles. The maximum Gasteiger partial charge on any atom is 0.310 e. The number of nitrogens with zero attached hydrogens (tertiary/aromatic N) is 4. The highest BCUT2D eigenvalue weighted by molar-refractivity contribution is 6.10. The summed E-state index contributed by atoms with van der Waals surface area (Å²) in [6.07, 6.45) is 3.69. The maximum absolute atomic E-state index is 13.4. The zero-order valence-electron chi connectivity index (χ0n) is 19.8. The quantitative estimate of drug-likeness (QED) is 0.403.